The smallest absolute Gasteiger partial charge is 0.0318 e. The molecule has 60 heavy (non-hydrogen) atoms. The zero-order valence-electron chi connectivity index (χ0n) is 33.1. The lowest BCUT2D eigenvalue weighted by atomic mass is 9.63. The Hall–Kier alpha value is -6.93. The van der Waals surface area contributed by atoms with Crippen LogP contribution in [0, 0.1) is 0 Å². The highest BCUT2D eigenvalue weighted by molar-refractivity contribution is 8.00. The standard InChI is InChI=1S/C59H40S/c1-2-15-41(16-3-1)42-33-29-39(30-34-42)37-59(38-40-31-35-44(36-32-40)46-28-14-18-43-17-4-5-19-45(43)46)55-51-24-10-6-20-47(51)49-22-8-12-26-53(49)57(55)60-58-54-27-13-9-23-50(54)48-21-7-11-25-52(48)56(58)59/h1-36H,37-38H2. The zero-order chi connectivity index (χ0) is 39.6. The molecule has 11 aromatic carbocycles. The first-order chi connectivity index (χ1) is 29.7. The van der Waals surface area contributed by atoms with Gasteiger partial charge < -0.3 is 0 Å². The van der Waals surface area contributed by atoms with Crippen molar-refractivity contribution in [1.29, 1.82) is 0 Å². The lowest BCUT2D eigenvalue weighted by Gasteiger charge is -2.44. The van der Waals surface area contributed by atoms with Crippen LogP contribution in [0.25, 0.3) is 76.1 Å². The van der Waals surface area contributed by atoms with Gasteiger partial charge in [-0.05, 0) is 111 Å². The molecule has 0 unspecified atom stereocenters. The number of benzene rings is 11. The molecule has 0 amide bonds. The summed E-state index contributed by atoms with van der Waals surface area (Å²) in [6, 6.07) is 81.7. The minimum Gasteiger partial charge on any atom is -0.0881 e. The van der Waals surface area contributed by atoms with Crippen LogP contribution in [-0.2, 0) is 18.3 Å². The van der Waals surface area contributed by atoms with Crippen LogP contribution in [0.15, 0.2) is 228 Å². The quantitative estimate of drug-likeness (QED) is 0.151. The van der Waals surface area contributed by atoms with Gasteiger partial charge in [0.15, 0.2) is 0 Å². The first kappa shape index (κ1) is 35.1. The van der Waals surface area contributed by atoms with Gasteiger partial charge in [0, 0.05) is 15.2 Å². The molecule has 0 N–H and O–H groups in total. The van der Waals surface area contributed by atoms with Crippen LogP contribution >= 0.6 is 11.8 Å². The maximum absolute atomic E-state index is 2.41. The maximum Gasteiger partial charge on any atom is 0.0318 e. The highest BCUT2D eigenvalue weighted by Crippen LogP contribution is 2.60. The van der Waals surface area contributed by atoms with E-state index in [2.05, 4.69) is 218 Å². The number of hydrogen-bond acceptors (Lipinski definition) is 1. The highest BCUT2D eigenvalue weighted by Gasteiger charge is 2.45. The molecule has 1 heterocycles. The molecule has 12 rings (SSSR count). The average Bonchev–Trinajstić information content (AvgIpc) is 3.32. The number of fused-ring (bicyclic) bond motifs is 13. The lowest BCUT2D eigenvalue weighted by molar-refractivity contribution is 0.496. The Morgan fingerprint density at radius 1 is 0.283 bits per heavy atom. The zero-order valence-corrected chi connectivity index (χ0v) is 33.9. The Bertz CT molecular complexity index is 3300. The van der Waals surface area contributed by atoms with Crippen molar-refractivity contribution in [3.63, 3.8) is 0 Å². The monoisotopic (exact) mass is 780 g/mol. The van der Waals surface area contributed by atoms with Crippen LogP contribution in [0.4, 0.5) is 0 Å². The summed E-state index contributed by atoms with van der Waals surface area (Å²) in [6.07, 6.45) is 1.69. The fraction of sp³-hybridized carbons (Fsp3) is 0.0508. The fourth-order valence-corrected chi connectivity index (χ4v) is 12.0. The summed E-state index contributed by atoms with van der Waals surface area (Å²) in [6.45, 7) is 0. The van der Waals surface area contributed by atoms with Crippen molar-refractivity contribution in [3.8, 4) is 22.3 Å². The van der Waals surface area contributed by atoms with Crippen molar-refractivity contribution in [1.82, 2.24) is 0 Å². The summed E-state index contributed by atoms with van der Waals surface area (Å²) in [7, 11) is 0. The Morgan fingerprint density at radius 2 is 0.667 bits per heavy atom. The van der Waals surface area contributed by atoms with Gasteiger partial charge in [-0.25, -0.2) is 0 Å². The van der Waals surface area contributed by atoms with E-state index in [1.807, 2.05) is 11.8 Å². The van der Waals surface area contributed by atoms with Crippen LogP contribution in [0.2, 0.25) is 0 Å². The Morgan fingerprint density at radius 3 is 1.20 bits per heavy atom. The van der Waals surface area contributed by atoms with Gasteiger partial charge in [-0.2, -0.15) is 0 Å². The van der Waals surface area contributed by atoms with Crippen molar-refractivity contribution in [3.05, 3.63) is 241 Å². The van der Waals surface area contributed by atoms with E-state index in [0.717, 1.165) is 12.8 Å². The molecule has 11 aromatic rings. The van der Waals surface area contributed by atoms with Gasteiger partial charge in [0.05, 0.1) is 0 Å². The van der Waals surface area contributed by atoms with Crippen LogP contribution in [0.1, 0.15) is 22.3 Å². The minimum atomic E-state index is -0.432. The molecular formula is C59H40S. The molecule has 1 aliphatic rings. The van der Waals surface area contributed by atoms with E-state index >= 15 is 0 Å². The molecule has 0 saturated heterocycles. The van der Waals surface area contributed by atoms with Gasteiger partial charge in [-0.3, -0.25) is 0 Å². The number of hydrogen-bond donors (Lipinski definition) is 0. The van der Waals surface area contributed by atoms with Crippen molar-refractivity contribution in [2.24, 2.45) is 0 Å². The first-order valence-corrected chi connectivity index (χ1v) is 21.8. The van der Waals surface area contributed by atoms with Crippen molar-refractivity contribution in [2.75, 3.05) is 0 Å². The fourth-order valence-electron chi connectivity index (χ4n) is 10.4. The lowest BCUT2D eigenvalue weighted by Crippen LogP contribution is -2.37. The summed E-state index contributed by atoms with van der Waals surface area (Å²) in [5, 5.41) is 13.1. The van der Waals surface area contributed by atoms with E-state index in [0.29, 0.717) is 0 Å². The molecule has 0 radical (unpaired) electrons. The summed E-state index contributed by atoms with van der Waals surface area (Å²) in [5.74, 6) is 0. The second kappa shape index (κ2) is 14.1. The molecule has 0 saturated carbocycles. The van der Waals surface area contributed by atoms with Gasteiger partial charge in [0.25, 0.3) is 0 Å². The van der Waals surface area contributed by atoms with E-state index in [1.54, 1.807) is 0 Å². The van der Waals surface area contributed by atoms with Crippen molar-refractivity contribution in [2.45, 2.75) is 28.0 Å². The third kappa shape index (κ3) is 5.54. The van der Waals surface area contributed by atoms with E-state index in [1.165, 1.54) is 108 Å². The predicted molar refractivity (Wildman–Crippen MR) is 256 cm³/mol. The topological polar surface area (TPSA) is 0 Å². The Labute approximate surface area is 354 Å². The van der Waals surface area contributed by atoms with E-state index < -0.39 is 5.41 Å². The normalized spacial score (nSPS) is 13.2. The third-order valence-electron chi connectivity index (χ3n) is 13.1. The van der Waals surface area contributed by atoms with Crippen LogP contribution in [0.3, 0.4) is 0 Å². The Balaban J connectivity index is 1.17. The molecule has 0 spiro atoms. The molecule has 0 nitrogen and oxygen atoms in total. The molecule has 282 valence electrons. The predicted octanol–water partition coefficient (Wildman–Crippen LogP) is 16.0. The minimum absolute atomic E-state index is 0.432. The Kier molecular flexibility index (Phi) is 8.25. The summed E-state index contributed by atoms with van der Waals surface area (Å²) in [5.41, 5.74) is 10.1. The maximum atomic E-state index is 2.41. The summed E-state index contributed by atoms with van der Waals surface area (Å²) < 4.78 is 0. The first-order valence-electron chi connectivity index (χ1n) is 21.0. The van der Waals surface area contributed by atoms with E-state index in [-0.39, 0.29) is 0 Å². The van der Waals surface area contributed by atoms with Gasteiger partial charge in [-0.1, -0.05) is 230 Å². The molecular weight excluding hydrogens is 741 g/mol. The summed E-state index contributed by atoms with van der Waals surface area (Å²) >= 11 is 2.00. The van der Waals surface area contributed by atoms with Gasteiger partial charge >= 0.3 is 0 Å². The highest BCUT2D eigenvalue weighted by atomic mass is 32.2. The van der Waals surface area contributed by atoms with Gasteiger partial charge in [0.1, 0.15) is 0 Å². The largest absolute Gasteiger partial charge is 0.0881 e. The second-order valence-corrected chi connectivity index (χ2v) is 17.4. The van der Waals surface area contributed by atoms with Gasteiger partial charge in [0.2, 0.25) is 0 Å². The van der Waals surface area contributed by atoms with Crippen molar-refractivity contribution < 1.29 is 0 Å². The summed E-state index contributed by atoms with van der Waals surface area (Å²) in [4.78, 5) is 2.76. The molecule has 0 fully saturated rings. The molecule has 0 bridgehead atoms. The molecule has 0 aliphatic carbocycles. The molecule has 0 atom stereocenters. The number of rotatable bonds is 6. The third-order valence-corrected chi connectivity index (χ3v) is 14.3. The SMILES string of the molecule is c1ccc(-c2ccc(CC3(Cc4ccc(-c5cccc6ccccc56)cc4)c4c(c5ccccc5c5ccccc45)Sc4c3c3ccccc3c3ccccc43)cc2)cc1. The molecule has 0 aromatic heterocycles. The molecule has 1 aliphatic heterocycles. The van der Waals surface area contributed by atoms with Crippen LogP contribution in [0.5, 0.6) is 0 Å². The van der Waals surface area contributed by atoms with E-state index in [4.69, 9.17) is 0 Å². The average molecular weight is 781 g/mol. The second-order valence-electron chi connectivity index (χ2n) is 16.4. The molecule has 1 heteroatoms. The van der Waals surface area contributed by atoms with Crippen molar-refractivity contribution >= 4 is 65.6 Å². The van der Waals surface area contributed by atoms with Crippen LogP contribution in [-0.4, -0.2) is 0 Å². The van der Waals surface area contributed by atoms with Gasteiger partial charge in [-0.15, -0.1) is 0 Å². The van der Waals surface area contributed by atoms with Crippen LogP contribution < -0.4 is 0 Å². The van der Waals surface area contributed by atoms with E-state index in [9.17, 15) is 0 Å².